The molecule has 0 aliphatic heterocycles. The van der Waals surface area contributed by atoms with Crippen LogP contribution in [0.15, 0.2) is 24.7 Å². The van der Waals surface area contributed by atoms with Gasteiger partial charge in [-0.2, -0.15) is 0 Å². The van der Waals surface area contributed by atoms with Crippen LogP contribution in [0.25, 0.3) is 0 Å². The summed E-state index contributed by atoms with van der Waals surface area (Å²) in [7, 11) is 0. The number of aromatic nitrogens is 4. The molecule has 0 fully saturated rings. The van der Waals surface area contributed by atoms with E-state index in [0.717, 1.165) is 30.9 Å². The van der Waals surface area contributed by atoms with Gasteiger partial charge in [-0.25, -0.2) is 0 Å². The van der Waals surface area contributed by atoms with Crippen molar-refractivity contribution in [2.75, 3.05) is 0 Å². The van der Waals surface area contributed by atoms with Crippen LogP contribution in [0.3, 0.4) is 0 Å². The van der Waals surface area contributed by atoms with Crippen molar-refractivity contribution in [1.82, 2.24) is 25.1 Å². The molecule has 0 saturated carbocycles. The van der Waals surface area contributed by atoms with Crippen LogP contribution in [0.2, 0.25) is 0 Å². The fraction of sp³-hybridized carbons (Fsp3) is 0.562. The zero-order valence-electron chi connectivity index (χ0n) is 13.4. The molecule has 2 heterocycles. The molecule has 0 aromatic carbocycles. The van der Waals surface area contributed by atoms with E-state index in [1.807, 2.05) is 12.5 Å². The van der Waals surface area contributed by atoms with Gasteiger partial charge in [0.25, 0.3) is 0 Å². The van der Waals surface area contributed by atoms with Crippen molar-refractivity contribution in [3.8, 4) is 0 Å². The molecule has 2 aromatic heterocycles. The van der Waals surface area contributed by atoms with E-state index in [9.17, 15) is 0 Å². The van der Waals surface area contributed by atoms with Crippen LogP contribution in [0.1, 0.15) is 50.3 Å². The number of hydrogen-bond acceptors (Lipinski definition) is 4. The van der Waals surface area contributed by atoms with E-state index in [0.29, 0.717) is 6.04 Å². The molecule has 2 rings (SSSR count). The van der Waals surface area contributed by atoms with Gasteiger partial charge >= 0.3 is 0 Å². The lowest BCUT2D eigenvalue weighted by atomic mass is 10.1. The molecule has 2 atom stereocenters. The number of pyridine rings is 1. The molecule has 0 aliphatic carbocycles. The molecular formula is C16H25N5. The Morgan fingerprint density at radius 2 is 2.10 bits per heavy atom. The summed E-state index contributed by atoms with van der Waals surface area (Å²) < 4.78 is 2.12. The van der Waals surface area contributed by atoms with Gasteiger partial charge in [0.2, 0.25) is 0 Å². The van der Waals surface area contributed by atoms with Crippen LogP contribution in [0.4, 0.5) is 0 Å². The van der Waals surface area contributed by atoms with Crippen molar-refractivity contribution in [1.29, 1.82) is 0 Å². The first-order valence-corrected chi connectivity index (χ1v) is 7.65. The van der Waals surface area contributed by atoms with Crippen LogP contribution in [0.5, 0.6) is 0 Å². The minimum absolute atomic E-state index is 0.180. The van der Waals surface area contributed by atoms with E-state index in [1.54, 1.807) is 0 Å². The summed E-state index contributed by atoms with van der Waals surface area (Å²) in [6.07, 6.45) is 5.72. The molecule has 114 valence electrons. The highest BCUT2D eigenvalue weighted by molar-refractivity contribution is 5.13. The first kappa shape index (κ1) is 15.6. The van der Waals surface area contributed by atoms with E-state index < -0.39 is 0 Å². The Morgan fingerprint density at radius 1 is 1.29 bits per heavy atom. The summed E-state index contributed by atoms with van der Waals surface area (Å²) in [6.45, 7) is 9.49. The van der Waals surface area contributed by atoms with Gasteiger partial charge in [-0.1, -0.05) is 13.0 Å². The summed E-state index contributed by atoms with van der Waals surface area (Å²) >= 11 is 0. The first-order valence-electron chi connectivity index (χ1n) is 7.65. The number of nitrogens with zero attached hydrogens (tertiary/aromatic N) is 4. The molecule has 0 aliphatic rings. The minimum atomic E-state index is 0.180. The molecule has 5 nitrogen and oxygen atoms in total. The van der Waals surface area contributed by atoms with Crippen LogP contribution in [-0.4, -0.2) is 25.8 Å². The molecule has 0 saturated heterocycles. The topological polar surface area (TPSA) is 55.6 Å². The third-order valence-corrected chi connectivity index (χ3v) is 3.52. The maximum atomic E-state index is 4.46. The van der Waals surface area contributed by atoms with Gasteiger partial charge in [-0.15, -0.1) is 10.2 Å². The molecule has 0 spiro atoms. The SMILES string of the molecule is CCCn1cnnc1C(C)NC(C)Cc1ccc(C)cn1. The Balaban J connectivity index is 1.93. The lowest BCUT2D eigenvalue weighted by Crippen LogP contribution is -2.32. The fourth-order valence-corrected chi connectivity index (χ4v) is 2.51. The Kier molecular flexibility index (Phi) is 5.44. The molecule has 2 unspecified atom stereocenters. The predicted molar refractivity (Wildman–Crippen MR) is 84.0 cm³/mol. The minimum Gasteiger partial charge on any atom is -0.316 e. The van der Waals surface area contributed by atoms with Crippen molar-refractivity contribution in [3.05, 3.63) is 41.7 Å². The Morgan fingerprint density at radius 3 is 2.76 bits per heavy atom. The normalized spacial score (nSPS) is 14.1. The zero-order valence-corrected chi connectivity index (χ0v) is 13.4. The maximum Gasteiger partial charge on any atom is 0.149 e. The van der Waals surface area contributed by atoms with Crippen molar-refractivity contribution >= 4 is 0 Å². The maximum absolute atomic E-state index is 4.46. The lowest BCUT2D eigenvalue weighted by molar-refractivity contribution is 0.441. The Hall–Kier alpha value is -1.75. The first-order chi connectivity index (χ1) is 10.1. The van der Waals surface area contributed by atoms with Crippen molar-refractivity contribution in [3.63, 3.8) is 0 Å². The largest absolute Gasteiger partial charge is 0.316 e. The molecule has 0 radical (unpaired) electrons. The number of rotatable bonds is 7. The zero-order chi connectivity index (χ0) is 15.2. The standard InChI is InChI=1S/C16H25N5/c1-5-8-21-11-18-20-16(21)14(4)19-13(3)9-15-7-6-12(2)10-17-15/h6-7,10-11,13-14,19H,5,8-9H2,1-4H3. The van der Waals surface area contributed by atoms with Gasteiger partial charge in [0.1, 0.15) is 12.2 Å². The predicted octanol–water partition coefficient (Wildman–Crippen LogP) is 2.67. The third kappa shape index (κ3) is 4.36. The van der Waals surface area contributed by atoms with Crippen LogP contribution in [0, 0.1) is 6.92 Å². The monoisotopic (exact) mass is 287 g/mol. The second-order valence-corrected chi connectivity index (χ2v) is 5.70. The van der Waals surface area contributed by atoms with Gasteiger partial charge < -0.3 is 9.88 Å². The van der Waals surface area contributed by atoms with Gasteiger partial charge in [-0.05, 0) is 38.8 Å². The smallest absolute Gasteiger partial charge is 0.149 e. The lowest BCUT2D eigenvalue weighted by Gasteiger charge is -2.20. The molecular weight excluding hydrogens is 262 g/mol. The quantitative estimate of drug-likeness (QED) is 0.850. The summed E-state index contributed by atoms with van der Waals surface area (Å²) in [4.78, 5) is 4.46. The Labute approximate surface area is 126 Å². The molecule has 5 heteroatoms. The summed E-state index contributed by atoms with van der Waals surface area (Å²) in [5, 5.41) is 11.8. The summed E-state index contributed by atoms with van der Waals surface area (Å²) in [5.41, 5.74) is 2.31. The average molecular weight is 287 g/mol. The fourth-order valence-electron chi connectivity index (χ4n) is 2.51. The highest BCUT2D eigenvalue weighted by Crippen LogP contribution is 2.12. The molecule has 0 amide bonds. The van der Waals surface area contributed by atoms with E-state index in [1.165, 1.54) is 5.56 Å². The second kappa shape index (κ2) is 7.31. The number of aryl methyl sites for hydroxylation is 2. The third-order valence-electron chi connectivity index (χ3n) is 3.52. The van der Waals surface area contributed by atoms with Gasteiger partial charge in [-0.3, -0.25) is 4.98 Å². The highest BCUT2D eigenvalue weighted by Gasteiger charge is 2.15. The molecule has 1 N–H and O–H groups in total. The number of hydrogen-bond donors (Lipinski definition) is 1. The van der Waals surface area contributed by atoms with Crippen molar-refractivity contribution in [2.24, 2.45) is 0 Å². The number of nitrogens with one attached hydrogen (secondary N) is 1. The van der Waals surface area contributed by atoms with Crippen LogP contribution < -0.4 is 5.32 Å². The van der Waals surface area contributed by atoms with E-state index in [-0.39, 0.29) is 6.04 Å². The molecule has 0 bridgehead atoms. The average Bonchev–Trinajstić information content (AvgIpc) is 2.90. The van der Waals surface area contributed by atoms with Crippen molar-refractivity contribution in [2.45, 2.75) is 59.2 Å². The van der Waals surface area contributed by atoms with Crippen LogP contribution >= 0.6 is 0 Å². The second-order valence-electron chi connectivity index (χ2n) is 5.70. The highest BCUT2D eigenvalue weighted by atomic mass is 15.3. The summed E-state index contributed by atoms with van der Waals surface area (Å²) in [5.74, 6) is 1.00. The Bertz CT molecular complexity index is 546. The van der Waals surface area contributed by atoms with Crippen molar-refractivity contribution < 1.29 is 0 Å². The van der Waals surface area contributed by atoms with Gasteiger partial charge in [0.05, 0.1) is 6.04 Å². The van der Waals surface area contributed by atoms with E-state index in [4.69, 9.17) is 0 Å². The molecule has 21 heavy (non-hydrogen) atoms. The van der Waals surface area contributed by atoms with E-state index in [2.05, 4.69) is 64.9 Å². The molecule has 2 aromatic rings. The summed E-state index contributed by atoms with van der Waals surface area (Å²) in [6, 6.07) is 4.72. The van der Waals surface area contributed by atoms with Gasteiger partial charge in [0.15, 0.2) is 0 Å². The van der Waals surface area contributed by atoms with E-state index >= 15 is 0 Å². The van der Waals surface area contributed by atoms with Gasteiger partial charge in [0, 0.05) is 30.9 Å². The van der Waals surface area contributed by atoms with Crippen LogP contribution in [-0.2, 0) is 13.0 Å².